The number of ether oxygens (including phenoxy) is 2. The van der Waals surface area contributed by atoms with E-state index in [0.29, 0.717) is 28.3 Å². The Labute approximate surface area is 183 Å². The topological polar surface area (TPSA) is 84.9 Å². The van der Waals surface area contributed by atoms with Gasteiger partial charge in [0.25, 0.3) is 0 Å². The number of nitrogens with one attached hydrogen (secondary N) is 1. The fourth-order valence-electron chi connectivity index (χ4n) is 3.69. The predicted octanol–water partition coefficient (Wildman–Crippen LogP) is 4.61. The zero-order valence-corrected chi connectivity index (χ0v) is 17.5. The van der Waals surface area contributed by atoms with E-state index in [2.05, 4.69) is 11.2 Å². The zero-order chi connectivity index (χ0) is 22.0. The summed E-state index contributed by atoms with van der Waals surface area (Å²) in [6.45, 7) is 0.142. The average molecular weight is 433 g/mol. The van der Waals surface area contributed by atoms with Crippen molar-refractivity contribution in [3.05, 3.63) is 63.8 Å². The highest BCUT2D eigenvalue weighted by atomic mass is 32.1. The predicted molar refractivity (Wildman–Crippen MR) is 119 cm³/mol. The third-order valence-electron chi connectivity index (χ3n) is 5.06. The summed E-state index contributed by atoms with van der Waals surface area (Å²) < 4.78 is 10.7. The van der Waals surface area contributed by atoms with Crippen LogP contribution in [0.25, 0.3) is 11.1 Å². The van der Waals surface area contributed by atoms with Crippen molar-refractivity contribution in [1.29, 1.82) is 0 Å². The molecule has 1 atom stereocenters. The molecule has 31 heavy (non-hydrogen) atoms. The second kappa shape index (κ2) is 8.54. The van der Waals surface area contributed by atoms with Crippen LogP contribution in [-0.4, -0.2) is 30.7 Å². The number of amides is 1. The van der Waals surface area contributed by atoms with E-state index in [0.717, 1.165) is 10.4 Å². The van der Waals surface area contributed by atoms with Crippen LogP contribution in [0.4, 0.5) is 5.69 Å². The number of benzene rings is 2. The number of aromatic carboxylic acids is 1. The van der Waals surface area contributed by atoms with Crippen molar-refractivity contribution in [2.75, 3.05) is 19.0 Å². The molecule has 0 saturated heterocycles. The van der Waals surface area contributed by atoms with Crippen LogP contribution < -0.4 is 14.8 Å². The number of carbonyl (C=O) groups excluding carboxylic acids is 1. The van der Waals surface area contributed by atoms with Crippen molar-refractivity contribution in [2.45, 2.75) is 12.3 Å². The summed E-state index contributed by atoms with van der Waals surface area (Å²) in [5, 5.41) is 12.8. The van der Waals surface area contributed by atoms with Crippen LogP contribution in [0.2, 0.25) is 0 Å². The number of anilines is 1. The number of rotatable bonds is 6. The molecule has 0 aliphatic carbocycles. The van der Waals surface area contributed by atoms with Gasteiger partial charge < -0.3 is 19.9 Å². The van der Waals surface area contributed by atoms with E-state index in [4.69, 9.17) is 15.9 Å². The van der Waals surface area contributed by atoms with Crippen molar-refractivity contribution < 1.29 is 24.2 Å². The number of hydrogen-bond acceptors (Lipinski definition) is 5. The van der Waals surface area contributed by atoms with Gasteiger partial charge in [-0.1, -0.05) is 30.2 Å². The lowest BCUT2D eigenvalue weighted by Gasteiger charge is -2.24. The highest BCUT2D eigenvalue weighted by Gasteiger charge is 2.34. The van der Waals surface area contributed by atoms with E-state index in [1.54, 1.807) is 37.4 Å². The van der Waals surface area contributed by atoms with Gasteiger partial charge in [0.2, 0.25) is 5.91 Å². The molecule has 2 aromatic carbocycles. The summed E-state index contributed by atoms with van der Waals surface area (Å²) in [5.41, 5.74) is 2.62. The number of methoxy groups -OCH3 is 1. The molecule has 1 amide bonds. The molecule has 1 aliphatic heterocycles. The van der Waals surface area contributed by atoms with Gasteiger partial charge in [-0.25, -0.2) is 4.79 Å². The van der Waals surface area contributed by atoms with Gasteiger partial charge >= 0.3 is 5.97 Å². The molecule has 0 spiro atoms. The molecule has 6 nitrogen and oxygen atoms in total. The molecule has 7 heteroatoms. The van der Waals surface area contributed by atoms with E-state index in [1.807, 2.05) is 18.2 Å². The van der Waals surface area contributed by atoms with Crippen LogP contribution in [-0.2, 0) is 4.79 Å². The molecular weight excluding hydrogens is 414 g/mol. The lowest BCUT2D eigenvalue weighted by atomic mass is 9.88. The fraction of sp³-hybridized carbons (Fsp3) is 0.167. The maximum absolute atomic E-state index is 12.6. The number of terminal acetylenes is 1. The van der Waals surface area contributed by atoms with Crippen molar-refractivity contribution >= 4 is 28.9 Å². The molecule has 2 N–H and O–H groups in total. The third-order valence-corrected chi connectivity index (χ3v) is 6.35. The number of thiophene rings is 1. The minimum absolute atomic E-state index is 0.142. The quantitative estimate of drug-likeness (QED) is 0.555. The molecule has 3 aromatic rings. The summed E-state index contributed by atoms with van der Waals surface area (Å²) in [6.07, 6.45) is 5.49. The maximum Gasteiger partial charge on any atom is 0.346 e. The van der Waals surface area contributed by atoms with Crippen LogP contribution in [0, 0.1) is 12.3 Å². The van der Waals surface area contributed by atoms with Crippen molar-refractivity contribution in [1.82, 2.24) is 0 Å². The van der Waals surface area contributed by atoms with Gasteiger partial charge in [0.15, 0.2) is 0 Å². The van der Waals surface area contributed by atoms with Gasteiger partial charge in [0, 0.05) is 22.8 Å². The zero-order valence-electron chi connectivity index (χ0n) is 16.7. The van der Waals surface area contributed by atoms with Crippen LogP contribution in [0.1, 0.15) is 32.5 Å². The van der Waals surface area contributed by atoms with Crippen molar-refractivity contribution in [3.8, 4) is 35.0 Å². The van der Waals surface area contributed by atoms with Crippen LogP contribution in [0.15, 0.2) is 48.5 Å². The Morgan fingerprint density at radius 3 is 2.71 bits per heavy atom. The van der Waals surface area contributed by atoms with Crippen LogP contribution in [0.3, 0.4) is 0 Å². The number of carboxylic acids is 1. The van der Waals surface area contributed by atoms with E-state index < -0.39 is 5.97 Å². The Morgan fingerprint density at radius 1 is 1.26 bits per heavy atom. The largest absolute Gasteiger partial charge is 0.497 e. The van der Waals surface area contributed by atoms with Gasteiger partial charge in [-0.3, -0.25) is 4.79 Å². The summed E-state index contributed by atoms with van der Waals surface area (Å²) >= 11 is 1.18. The minimum atomic E-state index is -1.04. The van der Waals surface area contributed by atoms with Crippen molar-refractivity contribution in [3.63, 3.8) is 0 Å². The Balaban J connectivity index is 1.84. The van der Waals surface area contributed by atoms with E-state index in [-0.39, 0.29) is 29.7 Å². The smallest absolute Gasteiger partial charge is 0.346 e. The SMILES string of the molecule is C#CCOc1cccc(C2CC(=O)Nc3c2sc(C(=O)O)c3-c2ccc(OC)cc2)c1. The van der Waals surface area contributed by atoms with Crippen molar-refractivity contribution in [2.24, 2.45) is 0 Å². The Morgan fingerprint density at radius 2 is 2.03 bits per heavy atom. The molecule has 4 rings (SSSR count). The van der Waals surface area contributed by atoms with Crippen LogP contribution in [0.5, 0.6) is 11.5 Å². The average Bonchev–Trinajstić information content (AvgIpc) is 3.17. The van der Waals surface area contributed by atoms with Gasteiger partial charge in [0.1, 0.15) is 23.0 Å². The van der Waals surface area contributed by atoms with E-state index >= 15 is 0 Å². The molecule has 0 bridgehead atoms. The molecule has 156 valence electrons. The first kappa shape index (κ1) is 20.5. The van der Waals surface area contributed by atoms with Gasteiger partial charge in [-0.15, -0.1) is 17.8 Å². The molecule has 0 saturated carbocycles. The van der Waals surface area contributed by atoms with E-state index in [9.17, 15) is 14.7 Å². The summed E-state index contributed by atoms with van der Waals surface area (Å²) in [5.74, 6) is 2.21. The lowest BCUT2D eigenvalue weighted by molar-refractivity contribution is -0.116. The first-order chi connectivity index (χ1) is 15.0. The summed E-state index contributed by atoms with van der Waals surface area (Å²) in [6, 6.07) is 14.5. The lowest BCUT2D eigenvalue weighted by Crippen LogP contribution is -2.22. The highest BCUT2D eigenvalue weighted by Crippen LogP contribution is 2.49. The number of hydrogen-bond donors (Lipinski definition) is 2. The molecule has 1 aliphatic rings. The molecule has 2 heterocycles. The van der Waals surface area contributed by atoms with Crippen LogP contribution >= 0.6 is 11.3 Å². The first-order valence-electron chi connectivity index (χ1n) is 9.52. The molecule has 0 fully saturated rings. The highest BCUT2D eigenvalue weighted by molar-refractivity contribution is 7.15. The first-order valence-corrected chi connectivity index (χ1v) is 10.3. The van der Waals surface area contributed by atoms with E-state index in [1.165, 1.54) is 11.3 Å². The molecule has 1 aromatic heterocycles. The number of fused-ring (bicyclic) bond motifs is 1. The second-order valence-corrected chi connectivity index (χ2v) is 8.00. The number of carbonyl (C=O) groups is 2. The van der Waals surface area contributed by atoms with Gasteiger partial charge in [-0.05, 0) is 35.4 Å². The maximum atomic E-state index is 12.6. The second-order valence-electron chi connectivity index (χ2n) is 6.95. The van der Waals surface area contributed by atoms with Gasteiger partial charge in [0.05, 0.1) is 12.8 Å². The minimum Gasteiger partial charge on any atom is -0.497 e. The Hall–Kier alpha value is -3.76. The number of carboxylic acid groups (broad SMARTS) is 1. The normalized spacial score (nSPS) is 14.8. The molecular formula is C24H19NO5S. The standard InChI is InChI=1S/C24H19NO5S/c1-3-11-30-17-6-4-5-15(12-17)18-13-19(26)25-21-20(23(24(27)28)31-22(18)21)14-7-9-16(29-2)10-8-14/h1,4-10,12,18H,11,13H2,2H3,(H,25,26)(H,27,28). The van der Waals surface area contributed by atoms with Gasteiger partial charge in [-0.2, -0.15) is 0 Å². The summed E-state index contributed by atoms with van der Waals surface area (Å²) in [7, 11) is 1.57. The molecule has 0 radical (unpaired) electrons. The Kier molecular flexibility index (Phi) is 5.65. The summed E-state index contributed by atoms with van der Waals surface area (Å²) in [4.78, 5) is 25.7. The fourth-order valence-corrected chi connectivity index (χ4v) is 4.93. The Bertz CT molecular complexity index is 1190. The molecule has 1 unspecified atom stereocenters. The third kappa shape index (κ3) is 3.98. The monoisotopic (exact) mass is 433 g/mol.